The fourth-order valence-corrected chi connectivity index (χ4v) is 2.30. The predicted octanol–water partition coefficient (Wildman–Crippen LogP) is 0.232. The minimum atomic E-state index is 0.225. The lowest BCUT2D eigenvalue weighted by Crippen LogP contribution is -2.52. The van der Waals surface area contributed by atoms with Crippen LogP contribution in [0.5, 0.6) is 0 Å². The van der Waals surface area contributed by atoms with E-state index in [0.717, 1.165) is 51.6 Å². The third kappa shape index (κ3) is 2.77. The van der Waals surface area contributed by atoms with Gasteiger partial charge in [-0.15, -0.1) is 0 Å². The Morgan fingerprint density at radius 2 is 1.94 bits per heavy atom. The largest absolute Gasteiger partial charge is 0.340 e. The van der Waals surface area contributed by atoms with Crippen LogP contribution in [0.2, 0.25) is 0 Å². The van der Waals surface area contributed by atoms with Crippen LogP contribution < -0.4 is 0 Å². The number of aliphatic imine (C=N–C) groups is 1. The monoisotopic (exact) mass is 238 g/mol. The van der Waals surface area contributed by atoms with E-state index in [1.807, 2.05) is 11.8 Å². The van der Waals surface area contributed by atoms with Crippen molar-refractivity contribution in [3.8, 4) is 0 Å². The third-order valence-electron chi connectivity index (χ3n) is 3.37. The molecule has 0 aromatic carbocycles. The van der Waals surface area contributed by atoms with E-state index in [9.17, 15) is 4.79 Å². The minimum absolute atomic E-state index is 0.225. The summed E-state index contributed by atoms with van der Waals surface area (Å²) in [6, 6.07) is 0. The number of hydrogen-bond acceptors (Lipinski definition) is 4. The summed E-state index contributed by atoms with van der Waals surface area (Å²) < 4.78 is 0. The van der Waals surface area contributed by atoms with Gasteiger partial charge >= 0.3 is 0 Å². The summed E-state index contributed by atoms with van der Waals surface area (Å²) in [5, 5.41) is 0. The van der Waals surface area contributed by atoms with Crippen molar-refractivity contribution < 1.29 is 4.79 Å². The maximum absolute atomic E-state index is 12.0. The van der Waals surface area contributed by atoms with Gasteiger partial charge in [-0.3, -0.25) is 14.7 Å². The number of piperazine rings is 1. The van der Waals surface area contributed by atoms with Gasteiger partial charge < -0.3 is 9.80 Å². The fraction of sp³-hybridized carbons (Fsp3) is 0.833. The Hall–Kier alpha value is -1.10. The molecule has 17 heavy (non-hydrogen) atoms. The van der Waals surface area contributed by atoms with Crippen LogP contribution in [0, 0.1) is 0 Å². The Bertz CT molecular complexity index is 308. The molecule has 5 heteroatoms. The van der Waals surface area contributed by atoms with E-state index in [1.54, 1.807) is 0 Å². The highest BCUT2D eigenvalue weighted by molar-refractivity contribution is 5.98. The average molecular weight is 238 g/mol. The van der Waals surface area contributed by atoms with Crippen LogP contribution in [-0.2, 0) is 4.79 Å². The van der Waals surface area contributed by atoms with E-state index in [2.05, 4.69) is 21.8 Å². The van der Waals surface area contributed by atoms with E-state index in [-0.39, 0.29) is 5.91 Å². The first-order valence-electron chi connectivity index (χ1n) is 6.50. The molecule has 1 saturated heterocycles. The quantitative estimate of drug-likeness (QED) is 0.691. The third-order valence-corrected chi connectivity index (χ3v) is 3.37. The zero-order chi connectivity index (χ0) is 12.3. The summed E-state index contributed by atoms with van der Waals surface area (Å²) in [6.45, 7) is 7.62. The Labute approximate surface area is 103 Å². The second-order valence-electron chi connectivity index (χ2n) is 4.77. The molecular weight excluding hydrogens is 216 g/mol. The first kappa shape index (κ1) is 12.4. The number of guanidine groups is 1. The van der Waals surface area contributed by atoms with Crippen LogP contribution in [0.25, 0.3) is 0 Å². The highest BCUT2D eigenvalue weighted by Gasteiger charge is 2.28. The summed E-state index contributed by atoms with van der Waals surface area (Å²) in [5.74, 6) is 1.14. The van der Waals surface area contributed by atoms with E-state index >= 15 is 0 Å². The van der Waals surface area contributed by atoms with Crippen molar-refractivity contribution in [2.45, 2.75) is 19.8 Å². The molecule has 1 amide bonds. The van der Waals surface area contributed by atoms with E-state index in [4.69, 9.17) is 0 Å². The average Bonchev–Trinajstić information content (AvgIpc) is 2.79. The van der Waals surface area contributed by atoms with Crippen LogP contribution in [0.1, 0.15) is 19.8 Å². The van der Waals surface area contributed by atoms with Crippen LogP contribution in [-0.4, -0.2) is 72.9 Å². The Morgan fingerprint density at radius 3 is 2.59 bits per heavy atom. The number of likely N-dealkylation sites (N-methyl/N-ethyl adjacent to an activating group) is 1. The van der Waals surface area contributed by atoms with Gasteiger partial charge in [0, 0.05) is 39.1 Å². The number of nitrogens with zero attached hydrogens (tertiary/aromatic N) is 4. The molecule has 0 aliphatic carbocycles. The van der Waals surface area contributed by atoms with Gasteiger partial charge in [0.2, 0.25) is 11.9 Å². The molecule has 0 saturated carbocycles. The molecule has 0 aromatic rings. The highest BCUT2D eigenvalue weighted by Crippen LogP contribution is 2.11. The molecule has 2 aliphatic heterocycles. The van der Waals surface area contributed by atoms with Crippen molar-refractivity contribution in [3.63, 3.8) is 0 Å². The van der Waals surface area contributed by atoms with Crippen LogP contribution in [0.15, 0.2) is 4.99 Å². The molecule has 0 radical (unpaired) electrons. The van der Waals surface area contributed by atoms with E-state index in [0.29, 0.717) is 6.42 Å². The number of carbonyl (C=O) groups excluding carboxylic acids is 1. The fourth-order valence-electron chi connectivity index (χ4n) is 2.30. The molecular formula is C12H22N4O. The molecule has 5 nitrogen and oxygen atoms in total. The zero-order valence-electron chi connectivity index (χ0n) is 10.9. The normalized spacial score (nSPS) is 21.9. The molecule has 2 heterocycles. The van der Waals surface area contributed by atoms with Gasteiger partial charge in [-0.1, -0.05) is 6.92 Å². The summed E-state index contributed by atoms with van der Waals surface area (Å²) in [5.41, 5.74) is 0. The number of rotatable bonds is 2. The molecule has 0 bridgehead atoms. The first-order valence-corrected chi connectivity index (χ1v) is 6.50. The number of hydrogen-bond donors (Lipinski definition) is 0. The lowest BCUT2D eigenvalue weighted by molar-refractivity contribution is -0.127. The molecule has 0 spiro atoms. The van der Waals surface area contributed by atoms with Crippen LogP contribution in [0.4, 0.5) is 0 Å². The Morgan fingerprint density at radius 1 is 1.24 bits per heavy atom. The van der Waals surface area contributed by atoms with Crippen LogP contribution >= 0.6 is 0 Å². The molecule has 0 N–H and O–H groups in total. The highest BCUT2D eigenvalue weighted by atomic mass is 16.2. The smallest absolute Gasteiger partial charge is 0.229 e. The second kappa shape index (κ2) is 5.49. The van der Waals surface area contributed by atoms with Gasteiger partial charge in [-0.05, 0) is 13.5 Å². The molecule has 1 fully saturated rings. The maximum Gasteiger partial charge on any atom is 0.229 e. The number of carbonyl (C=O) groups is 1. The summed E-state index contributed by atoms with van der Waals surface area (Å²) in [6.07, 6.45) is 1.54. The summed E-state index contributed by atoms with van der Waals surface area (Å²) in [7, 11) is 2.13. The Balaban J connectivity index is 1.97. The van der Waals surface area contributed by atoms with Gasteiger partial charge in [0.05, 0.1) is 6.54 Å². The van der Waals surface area contributed by atoms with Crippen molar-refractivity contribution in [1.82, 2.24) is 14.7 Å². The molecule has 96 valence electrons. The van der Waals surface area contributed by atoms with Crippen molar-refractivity contribution >= 4 is 11.9 Å². The molecule has 2 aliphatic rings. The van der Waals surface area contributed by atoms with Gasteiger partial charge in [0.25, 0.3) is 0 Å². The summed E-state index contributed by atoms with van der Waals surface area (Å²) in [4.78, 5) is 22.9. The van der Waals surface area contributed by atoms with Crippen LogP contribution in [0.3, 0.4) is 0 Å². The van der Waals surface area contributed by atoms with Crippen molar-refractivity contribution in [2.75, 3.05) is 46.3 Å². The van der Waals surface area contributed by atoms with E-state index in [1.165, 1.54) is 0 Å². The molecule has 0 aromatic heterocycles. The first-order chi connectivity index (χ1) is 8.22. The predicted molar refractivity (Wildman–Crippen MR) is 68.0 cm³/mol. The lowest BCUT2D eigenvalue weighted by atomic mass is 10.3. The lowest BCUT2D eigenvalue weighted by Gasteiger charge is -2.36. The van der Waals surface area contributed by atoms with E-state index < -0.39 is 0 Å². The molecule has 0 unspecified atom stereocenters. The van der Waals surface area contributed by atoms with Crippen molar-refractivity contribution in [2.24, 2.45) is 4.99 Å². The Kier molecular flexibility index (Phi) is 3.99. The number of amides is 1. The van der Waals surface area contributed by atoms with Gasteiger partial charge in [0.15, 0.2) is 0 Å². The van der Waals surface area contributed by atoms with Gasteiger partial charge in [-0.25, -0.2) is 0 Å². The maximum atomic E-state index is 12.0. The van der Waals surface area contributed by atoms with Gasteiger partial charge in [0.1, 0.15) is 0 Å². The standard InChI is InChI=1S/C12H22N4O/c1-3-4-11(17)16-6-5-13-12(16)15-9-7-14(2)8-10-15/h3-10H2,1-2H3. The SMILES string of the molecule is CCCC(=O)N1CCN=C1N1CCN(C)CC1. The van der Waals surface area contributed by atoms with Crippen molar-refractivity contribution in [1.29, 1.82) is 0 Å². The van der Waals surface area contributed by atoms with Gasteiger partial charge in [-0.2, -0.15) is 0 Å². The van der Waals surface area contributed by atoms with Crippen molar-refractivity contribution in [3.05, 3.63) is 0 Å². The second-order valence-corrected chi connectivity index (χ2v) is 4.77. The molecule has 2 rings (SSSR count). The summed E-state index contributed by atoms with van der Waals surface area (Å²) >= 11 is 0. The molecule has 0 atom stereocenters. The minimum Gasteiger partial charge on any atom is -0.340 e. The zero-order valence-corrected chi connectivity index (χ0v) is 10.9. The topological polar surface area (TPSA) is 39.2 Å².